The van der Waals surface area contributed by atoms with E-state index in [1.54, 1.807) is 6.20 Å². The second kappa shape index (κ2) is 4.40. The second-order valence-electron chi connectivity index (χ2n) is 4.52. The van der Waals surface area contributed by atoms with E-state index in [1.807, 2.05) is 12.1 Å². The maximum atomic E-state index is 5.82. The Labute approximate surface area is 96.3 Å². The van der Waals surface area contributed by atoms with Crippen LogP contribution in [0.25, 0.3) is 0 Å². The van der Waals surface area contributed by atoms with Gasteiger partial charge in [0.2, 0.25) is 0 Å². The highest BCUT2D eigenvalue weighted by atomic mass is 35.5. The van der Waals surface area contributed by atoms with Crippen LogP contribution < -0.4 is 4.90 Å². The number of hydrogen-bond donors (Lipinski definition) is 0. The topological polar surface area (TPSA) is 16.1 Å². The van der Waals surface area contributed by atoms with Gasteiger partial charge in [0.15, 0.2) is 0 Å². The van der Waals surface area contributed by atoms with Crippen LogP contribution >= 0.6 is 11.6 Å². The van der Waals surface area contributed by atoms with Crippen molar-refractivity contribution in [2.75, 3.05) is 18.0 Å². The predicted octanol–water partition coefficient (Wildman–Crippen LogP) is 3.22. The molecule has 1 fully saturated rings. The molecule has 0 aromatic carbocycles. The first-order valence-corrected chi connectivity index (χ1v) is 5.91. The number of nitrogens with zero attached hydrogens (tertiary/aromatic N) is 2. The summed E-state index contributed by atoms with van der Waals surface area (Å²) in [4.78, 5) is 6.70. The molecule has 1 aromatic heterocycles. The van der Waals surface area contributed by atoms with Gasteiger partial charge in [-0.15, -0.1) is 0 Å². The molecule has 1 aliphatic rings. The fourth-order valence-corrected chi connectivity index (χ4v) is 2.14. The van der Waals surface area contributed by atoms with Crippen molar-refractivity contribution < 1.29 is 0 Å². The normalized spacial score (nSPS) is 26.7. The van der Waals surface area contributed by atoms with Gasteiger partial charge in [0.25, 0.3) is 0 Å². The van der Waals surface area contributed by atoms with Crippen molar-refractivity contribution in [1.29, 1.82) is 0 Å². The first-order valence-electron chi connectivity index (χ1n) is 5.53. The highest BCUT2D eigenvalue weighted by molar-refractivity contribution is 6.30. The van der Waals surface area contributed by atoms with Gasteiger partial charge < -0.3 is 4.90 Å². The number of piperidine rings is 1. The molecule has 1 saturated heterocycles. The van der Waals surface area contributed by atoms with Gasteiger partial charge in [0.05, 0.1) is 5.02 Å². The molecule has 0 amide bonds. The molecule has 2 heterocycles. The molecule has 1 aromatic rings. The van der Waals surface area contributed by atoms with E-state index in [-0.39, 0.29) is 0 Å². The molecule has 0 spiro atoms. The minimum Gasteiger partial charge on any atom is -0.356 e. The summed E-state index contributed by atoms with van der Waals surface area (Å²) in [6.07, 6.45) is 2.98. The van der Waals surface area contributed by atoms with Gasteiger partial charge in [0, 0.05) is 19.3 Å². The average Bonchev–Trinajstić information content (AvgIpc) is 2.23. The first-order chi connectivity index (χ1) is 7.16. The van der Waals surface area contributed by atoms with Gasteiger partial charge in [-0.1, -0.05) is 25.4 Å². The lowest BCUT2D eigenvalue weighted by Gasteiger charge is -2.36. The van der Waals surface area contributed by atoms with E-state index in [0.29, 0.717) is 5.02 Å². The molecule has 0 saturated carbocycles. The Morgan fingerprint density at radius 2 is 2.13 bits per heavy atom. The maximum Gasteiger partial charge on any atom is 0.128 e. The molecule has 0 bridgehead atoms. The number of pyridine rings is 1. The van der Waals surface area contributed by atoms with Crippen molar-refractivity contribution in [3.8, 4) is 0 Å². The molecule has 2 unspecified atom stereocenters. The average molecular weight is 225 g/mol. The third kappa shape index (κ3) is 2.43. The molecule has 0 radical (unpaired) electrons. The summed E-state index contributed by atoms with van der Waals surface area (Å²) in [5, 5.41) is 0.706. The van der Waals surface area contributed by atoms with Gasteiger partial charge in [-0.3, -0.25) is 0 Å². The van der Waals surface area contributed by atoms with Crippen LogP contribution in [-0.2, 0) is 0 Å². The minimum atomic E-state index is 0.706. The Morgan fingerprint density at radius 1 is 1.33 bits per heavy atom. The molecule has 82 valence electrons. The lowest BCUT2D eigenvalue weighted by atomic mass is 9.89. The van der Waals surface area contributed by atoms with Gasteiger partial charge in [-0.25, -0.2) is 4.98 Å². The monoisotopic (exact) mass is 224 g/mol. The molecule has 0 N–H and O–H groups in total. The third-order valence-electron chi connectivity index (χ3n) is 3.37. The van der Waals surface area contributed by atoms with Crippen molar-refractivity contribution in [2.24, 2.45) is 11.8 Å². The van der Waals surface area contributed by atoms with Crippen LogP contribution in [0.3, 0.4) is 0 Å². The molecule has 2 nitrogen and oxygen atoms in total. The number of anilines is 1. The van der Waals surface area contributed by atoms with E-state index < -0.39 is 0 Å². The summed E-state index contributed by atoms with van der Waals surface area (Å²) in [6, 6.07) is 3.91. The van der Waals surface area contributed by atoms with E-state index in [9.17, 15) is 0 Å². The molecule has 1 aliphatic heterocycles. The van der Waals surface area contributed by atoms with Gasteiger partial charge in [0.1, 0.15) is 5.82 Å². The number of aromatic nitrogens is 1. The molecule has 3 heteroatoms. The largest absolute Gasteiger partial charge is 0.356 e. The van der Waals surface area contributed by atoms with Crippen molar-refractivity contribution in [3.63, 3.8) is 0 Å². The van der Waals surface area contributed by atoms with Crippen molar-refractivity contribution in [3.05, 3.63) is 23.4 Å². The lowest BCUT2D eigenvalue weighted by Crippen LogP contribution is -2.38. The Bertz CT molecular complexity index is 323. The summed E-state index contributed by atoms with van der Waals surface area (Å²) < 4.78 is 0. The number of halogens is 1. The minimum absolute atomic E-state index is 0.706. The van der Waals surface area contributed by atoms with Gasteiger partial charge in [-0.05, 0) is 30.4 Å². The van der Waals surface area contributed by atoms with Crippen LogP contribution in [0, 0.1) is 11.8 Å². The summed E-state index contributed by atoms with van der Waals surface area (Å²) in [5.74, 6) is 2.63. The quantitative estimate of drug-likeness (QED) is 0.728. The highest BCUT2D eigenvalue weighted by Gasteiger charge is 2.23. The predicted molar refractivity (Wildman–Crippen MR) is 64.4 cm³/mol. The van der Waals surface area contributed by atoms with Gasteiger partial charge >= 0.3 is 0 Å². The summed E-state index contributed by atoms with van der Waals surface area (Å²) >= 11 is 5.82. The Kier molecular flexibility index (Phi) is 3.15. The Hall–Kier alpha value is -0.760. The zero-order valence-electron chi connectivity index (χ0n) is 9.28. The van der Waals surface area contributed by atoms with Gasteiger partial charge in [-0.2, -0.15) is 0 Å². The second-order valence-corrected chi connectivity index (χ2v) is 4.96. The van der Waals surface area contributed by atoms with Crippen molar-refractivity contribution >= 4 is 17.4 Å². The Morgan fingerprint density at radius 3 is 2.73 bits per heavy atom. The molecule has 15 heavy (non-hydrogen) atoms. The number of rotatable bonds is 1. The van der Waals surface area contributed by atoms with Crippen LogP contribution in [0.5, 0.6) is 0 Å². The van der Waals surface area contributed by atoms with Crippen LogP contribution in [0.2, 0.25) is 5.02 Å². The summed E-state index contributed by atoms with van der Waals surface area (Å²) in [7, 11) is 0. The lowest BCUT2D eigenvalue weighted by molar-refractivity contribution is 0.323. The molecular formula is C12H17ClN2. The van der Waals surface area contributed by atoms with E-state index in [2.05, 4.69) is 23.7 Å². The van der Waals surface area contributed by atoms with E-state index in [4.69, 9.17) is 11.6 Å². The maximum absolute atomic E-state index is 5.82. The molecule has 2 rings (SSSR count). The molecule has 0 aliphatic carbocycles. The number of hydrogen-bond acceptors (Lipinski definition) is 2. The summed E-state index contributed by atoms with van der Waals surface area (Å²) in [6.45, 7) is 6.86. The van der Waals surface area contributed by atoms with Crippen molar-refractivity contribution in [2.45, 2.75) is 20.3 Å². The van der Waals surface area contributed by atoms with E-state index >= 15 is 0 Å². The van der Waals surface area contributed by atoms with E-state index in [1.165, 1.54) is 6.42 Å². The smallest absolute Gasteiger partial charge is 0.128 e. The molecular weight excluding hydrogens is 208 g/mol. The third-order valence-corrected chi connectivity index (χ3v) is 3.59. The zero-order valence-corrected chi connectivity index (χ0v) is 10.0. The molecule has 2 atom stereocenters. The van der Waals surface area contributed by atoms with Crippen LogP contribution in [0.15, 0.2) is 18.3 Å². The van der Waals surface area contributed by atoms with E-state index in [0.717, 1.165) is 30.7 Å². The first kappa shape index (κ1) is 10.7. The Balaban J connectivity index is 2.08. The van der Waals surface area contributed by atoms with Crippen LogP contribution in [0.4, 0.5) is 5.82 Å². The zero-order chi connectivity index (χ0) is 10.8. The fourth-order valence-electron chi connectivity index (χ4n) is 2.03. The fraction of sp³-hybridized carbons (Fsp3) is 0.583. The SMILES string of the molecule is CC1CCN(c2ccc(Cl)cn2)CC1C. The standard InChI is InChI=1S/C12H17ClN2/c1-9-5-6-15(8-10(9)2)12-4-3-11(13)7-14-12/h3-4,7,9-10H,5-6,8H2,1-2H3. The van der Waals surface area contributed by atoms with Crippen molar-refractivity contribution in [1.82, 2.24) is 4.98 Å². The van der Waals surface area contributed by atoms with Crippen LogP contribution in [0.1, 0.15) is 20.3 Å². The summed E-state index contributed by atoms with van der Waals surface area (Å²) in [5.41, 5.74) is 0. The highest BCUT2D eigenvalue weighted by Crippen LogP contribution is 2.26. The van der Waals surface area contributed by atoms with Crippen LogP contribution in [-0.4, -0.2) is 18.1 Å².